The van der Waals surface area contributed by atoms with Gasteiger partial charge in [-0.05, 0) is 18.4 Å². The number of carbonyl (C=O) groups excluding carboxylic acids is 5. The zero-order chi connectivity index (χ0) is 56.8. The van der Waals surface area contributed by atoms with E-state index in [1.165, 1.54) is 0 Å². The first-order valence-corrected chi connectivity index (χ1v) is 22.8. The summed E-state index contributed by atoms with van der Waals surface area (Å²) in [5.74, 6) is -3.14. The van der Waals surface area contributed by atoms with E-state index in [2.05, 4.69) is 26.6 Å². The molecular formula is C42H76N6O26. The molecular weight excluding hydrogens is 1000 g/mol. The van der Waals surface area contributed by atoms with E-state index < -0.39 is 198 Å². The second-order valence-corrected chi connectivity index (χ2v) is 16.7. The van der Waals surface area contributed by atoms with Crippen molar-refractivity contribution in [2.45, 2.75) is 142 Å². The maximum absolute atomic E-state index is 12.8. The van der Waals surface area contributed by atoms with Crippen molar-refractivity contribution in [3.05, 3.63) is 35.9 Å². The summed E-state index contributed by atoms with van der Waals surface area (Å²) in [5, 5.41) is 200. The van der Waals surface area contributed by atoms with Gasteiger partial charge < -0.3 is 139 Å². The van der Waals surface area contributed by atoms with Crippen LogP contribution in [0, 0.1) is 0 Å². The van der Waals surface area contributed by atoms with Gasteiger partial charge in [0.1, 0.15) is 85.9 Å². The zero-order valence-electron chi connectivity index (χ0n) is 39.9. The van der Waals surface area contributed by atoms with Crippen molar-refractivity contribution in [1.82, 2.24) is 26.6 Å². The summed E-state index contributed by atoms with van der Waals surface area (Å²) < 4.78 is 5.08. The molecule has 0 aliphatic carbocycles. The van der Waals surface area contributed by atoms with E-state index in [0.717, 1.165) is 0 Å². The van der Waals surface area contributed by atoms with Gasteiger partial charge in [0, 0.05) is 39.0 Å². The van der Waals surface area contributed by atoms with Crippen LogP contribution in [0.4, 0.5) is 4.79 Å². The number of rotatable bonds is 35. The van der Waals surface area contributed by atoms with E-state index in [9.17, 15) is 106 Å². The fourth-order valence-electron chi connectivity index (χ4n) is 5.88. The molecule has 0 spiro atoms. The van der Waals surface area contributed by atoms with Gasteiger partial charge in [-0.3, -0.25) is 19.2 Å². The average Bonchev–Trinajstić information content (AvgIpc) is 3.41. The molecule has 74 heavy (non-hydrogen) atoms. The third-order valence-corrected chi connectivity index (χ3v) is 10.8. The van der Waals surface area contributed by atoms with E-state index in [4.69, 9.17) is 30.9 Å². The maximum Gasteiger partial charge on any atom is 0.408 e. The summed E-state index contributed by atoms with van der Waals surface area (Å²) in [5.41, 5.74) is 6.26. The average molecular weight is 1080 g/mol. The van der Waals surface area contributed by atoms with Crippen LogP contribution in [0.5, 0.6) is 0 Å². The van der Waals surface area contributed by atoms with Crippen LogP contribution in [0.3, 0.4) is 0 Å². The molecule has 32 nitrogen and oxygen atoms in total. The van der Waals surface area contributed by atoms with Gasteiger partial charge >= 0.3 is 6.09 Å². The fourth-order valence-corrected chi connectivity index (χ4v) is 5.88. The van der Waals surface area contributed by atoms with Crippen LogP contribution < -0.4 is 32.3 Å². The van der Waals surface area contributed by atoms with Gasteiger partial charge in [-0.2, -0.15) is 0 Å². The Morgan fingerprint density at radius 3 is 1.09 bits per heavy atom. The molecule has 1 rings (SSSR count). The number of aliphatic hydroxyl groups excluding tert-OH is 20. The highest BCUT2D eigenvalue weighted by atomic mass is 16.5. The van der Waals surface area contributed by atoms with Crippen molar-refractivity contribution >= 4 is 29.7 Å². The van der Waals surface area contributed by atoms with Gasteiger partial charge in [0.2, 0.25) is 23.6 Å². The van der Waals surface area contributed by atoms with Crippen LogP contribution in [0.1, 0.15) is 31.2 Å². The van der Waals surface area contributed by atoms with Crippen molar-refractivity contribution in [3.63, 3.8) is 0 Å². The number of hydrogen-bond acceptors (Lipinski definition) is 27. The maximum atomic E-state index is 12.8. The number of ether oxygens (including phenoxy) is 1. The number of hydrogen-bond donors (Lipinski definition) is 26. The molecule has 0 aromatic heterocycles. The van der Waals surface area contributed by atoms with Crippen LogP contribution in [-0.4, -0.2) is 294 Å². The highest BCUT2D eigenvalue weighted by molar-refractivity contribution is 5.86. The molecule has 0 radical (unpaired) electrons. The summed E-state index contributed by atoms with van der Waals surface area (Å²) in [6, 6.07) is 5.94. The monoisotopic (exact) mass is 1080 g/mol. The first kappa shape index (κ1) is 69.5. The zero-order valence-corrected chi connectivity index (χ0v) is 39.9. The van der Waals surface area contributed by atoms with E-state index in [-0.39, 0.29) is 25.9 Å². The normalized spacial score (nSPS) is 18.9. The molecule has 2 unspecified atom stereocenters. The Morgan fingerprint density at radius 1 is 0.432 bits per heavy atom. The summed E-state index contributed by atoms with van der Waals surface area (Å²) in [7, 11) is 0. The molecule has 0 aliphatic heterocycles. The van der Waals surface area contributed by atoms with Crippen molar-refractivity contribution in [2.75, 3.05) is 52.6 Å². The molecule has 1 aromatic carbocycles. The van der Waals surface area contributed by atoms with E-state index in [1.807, 2.05) is 0 Å². The molecule has 18 atom stereocenters. The van der Waals surface area contributed by atoms with Gasteiger partial charge in [-0.25, -0.2) is 4.79 Å². The predicted molar refractivity (Wildman–Crippen MR) is 246 cm³/mol. The number of carbonyl (C=O) groups is 5. The Morgan fingerprint density at radius 2 is 0.743 bits per heavy atom. The molecule has 27 N–H and O–H groups in total. The lowest BCUT2D eigenvalue weighted by atomic mass is 10.0. The molecule has 1 aromatic rings. The van der Waals surface area contributed by atoms with Gasteiger partial charge in [-0.15, -0.1) is 0 Å². The van der Waals surface area contributed by atoms with Gasteiger partial charge in [0.25, 0.3) is 0 Å². The lowest BCUT2D eigenvalue weighted by Crippen LogP contribution is -2.53. The largest absolute Gasteiger partial charge is 0.445 e. The molecule has 5 amide bonds. The van der Waals surface area contributed by atoms with Crippen LogP contribution in [0.25, 0.3) is 0 Å². The molecule has 0 saturated heterocycles. The van der Waals surface area contributed by atoms with Gasteiger partial charge in [0.05, 0.1) is 56.9 Å². The Bertz CT molecular complexity index is 1730. The van der Waals surface area contributed by atoms with Crippen LogP contribution in [0.15, 0.2) is 30.3 Å². The summed E-state index contributed by atoms with van der Waals surface area (Å²) >= 11 is 0. The Hall–Kier alpha value is -4.47. The summed E-state index contributed by atoms with van der Waals surface area (Å²) in [4.78, 5) is 61.1. The van der Waals surface area contributed by atoms with Crippen LogP contribution in [0.2, 0.25) is 0 Å². The minimum Gasteiger partial charge on any atom is -0.445 e. The summed E-state index contributed by atoms with van der Waals surface area (Å²) in [6.07, 6.45) is -31.1. The molecule has 430 valence electrons. The number of amides is 5. The molecule has 0 fully saturated rings. The smallest absolute Gasteiger partial charge is 0.408 e. The van der Waals surface area contributed by atoms with Crippen LogP contribution in [-0.2, 0) is 30.5 Å². The van der Waals surface area contributed by atoms with Crippen molar-refractivity contribution in [1.29, 1.82) is 0 Å². The Kier molecular flexibility index (Phi) is 35.0. The lowest BCUT2D eigenvalue weighted by Gasteiger charge is -2.26. The number of aliphatic hydroxyl groups is 20. The standard InChI is InChI=1S/C25H41N3O14.C17H35N3O12/c29-10-17(33)22(38)20(36)15(31)8-26-19(35)7-6-14(28-25(41)42-12-13-4-2-1-3-5-13)24(40)27-9-16(32)21(37)23(39)18(34)11-30;18-7(17(32)20-4-9(24)14(29)16(31)11(26)6-22)1-2-12(27)19-3-8(23)13(28)15(30)10(25)5-21/h1-5,14-18,20-23,29-34,36-39H,6-12H2,(H,26,35)(H,27,40)(H,28,41);7-11,13-16,21-26,28-31H,1-6,18H2,(H,19,27)(H,20,32)/t14?,15-,16-,17+,18+,20+,21+,22+,23+;7?,8-,9-,10+,11+,13+,14+,15+,16+/m00/s1. The minimum absolute atomic E-state index is 0.144. The number of nitrogens with two attached hydrogens (primary N) is 1. The van der Waals surface area contributed by atoms with Gasteiger partial charge in [-0.1, -0.05) is 30.3 Å². The second-order valence-electron chi connectivity index (χ2n) is 16.7. The summed E-state index contributed by atoms with van der Waals surface area (Å²) in [6.45, 7) is -5.92. The van der Waals surface area contributed by atoms with Crippen molar-refractivity contribution in [3.8, 4) is 0 Å². The highest BCUT2D eigenvalue weighted by Crippen LogP contribution is 2.10. The first-order valence-electron chi connectivity index (χ1n) is 22.8. The van der Waals surface area contributed by atoms with E-state index in [1.54, 1.807) is 30.3 Å². The molecule has 0 saturated carbocycles. The van der Waals surface area contributed by atoms with E-state index >= 15 is 0 Å². The first-order chi connectivity index (χ1) is 34.7. The third-order valence-electron chi connectivity index (χ3n) is 10.8. The lowest BCUT2D eigenvalue weighted by molar-refractivity contribution is -0.129. The number of benzene rings is 1. The van der Waals surface area contributed by atoms with Gasteiger partial charge in [0.15, 0.2) is 0 Å². The predicted octanol–water partition coefficient (Wildman–Crippen LogP) is -13.6. The third kappa shape index (κ3) is 26.3. The van der Waals surface area contributed by atoms with Crippen molar-refractivity contribution in [2.24, 2.45) is 5.73 Å². The van der Waals surface area contributed by atoms with E-state index in [0.29, 0.717) is 5.56 Å². The van der Waals surface area contributed by atoms with Crippen molar-refractivity contribution < 1.29 is 131 Å². The Labute approximate surface area is 422 Å². The number of nitrogens with one attached hydrogen (secondary N) is 5. The SMILES string of the molecule is NC(CCC(=O)NC[C@H](O)[C@@H](O)[C@H](O)[C@H](O)CO)C(=O)NC[C@H](O)[C@@H](O)[C@H](O)[C@H](O)CO.O=C(CCC(NC(=O)OCc1ccccc1)C(=O)NC[C@H](O)[C@@H](O)[C@H](O)[C@H](O)CO)NC[C@H](O)[C@@H](O)[C@H](O)[C@H](O)CO. The highest BCUT2D eigenvalue weighted by Gasteiger charge is 2.34. The molecule has 32 heteroatoms. The molecule has 0 bridgehead atoms. The van der Waals surface area contributed by atoms with Crippen LogP contribution >= 0.6 is 0 Å². The minimum atomic E-state index is -1.96. The fraction of sp³-hybridized carbons (Fsp3) is 0.738. The topological polar surface area (TPSA) is 585 Å². The molecule has 0 aliphatic rings. The molecule has 0 heterocycles. The second kappa shape index (κ2) is 37.3. The number of alkyl carbamates (subject to hydrolysis) is 1. The Balaban J connectivity index is 0.00000150. The quantitative estimate of drug-likeness (QED) is 0.0300.